The second-order valence-electron chi connectivity index (χ2n) is 4.44. The maximum Gasteiger partial charge on any atom is 0.144 e. The van der Waals surface area contributed by atoms with Gasteiger partial charge in [-0.15, -0.1) is 11.6 Å². The van der Waals surface area contributed by atoms with Crippen molar-refractivity contribution in [1.82, 2.24) is 4.98 Å². The van der Waals surface area contributed by atoms with E-state index in [1.54, 1.807) is 12.3 Å². The molecule has 0 radical (unpaired) electrons. The first-order chi connectivity index (χ1) is 7.44. The predicted molar refractivity (Wildman–Crippen MR) is 71.9 cm³/mol. The van der Waals surface area contributed by atoms with Crippen molar-refractivity contribution < 1.29 is 0 Å². The van der Waals surface area contributed by atoms with Crippen LogP contribution in [0.25, 0.3) is 0 Å². The van der Waals surface area contributed by atoms with E-state index in [0.29, 0.717) is 21.7 Å². The van der Waals surface area contributed by atoms with Crippen molar-refractivity contribution in [2.75, 3.05) is 17.7 Å². The van der Waals surface area contributed by atoms with Crippen molar-refractivity contribution in [3.05, 3.63) is 22.3 Å². The molecule has 0 atom stereocenters. The average molecular weight is 282 g/mol. The summed E-state index contributed by atoms with van der Waals surface area (Å²) in [4.78, 5) is 4.13. The molecule has 0 spiro atoms. The molecule has 0 aliphatic carbocycles. The van der Waals surface area contributed by atoms with Gasteiger partial charge in [-0.05, 0) is 17.9 Å². The normalized spacial score (nSPS) is 11.6. The molecule has 0 saturated carbocycles. The molecule has 1 heterocycles. The first-order valence-corrected chi connectivity index (χ1v) is 6.34. The lowest BCUT2D eigenvalue weighted by Crippen LogP contribution is -2.24. The number of hydrogen-bond acceptors (Lipinski definition) is 2. The lowest BCUT2D eigenvalue weighted by atomic mass is 9.90. The van der Waals surface area contributed by atoms with Crippen LogP contribution in [-0.2, 0) is 0 Å². The molecule has 0 saturated heterocycles. The highest BCUT2D eigenvalue weighted by atomic mass is 35.5. The number of anilines is 1. The molecule has 1 N–H and O–H groups in total. The van der Waals surface area contributed by atoms with Gasteiger partial charge in [0, 0.05) is 18.6 Å². The van der Waals surface area contributed by atoms with E-state index in [1.165, 1.54) is 0 Å². The largest absolute Gasteiger partial charge is 0.368 e. The molecule has 0 amide bonds. The second-order valence-corrected chi connectivity index (χ2v) is 5.66. The van der Waals surface area contributed by atoms with Crippen LogP contribution in [0.1, 0.15) is 20.3 Å². The highest BCUT2D eigenvalue weighted by Crippen LogP contribution is 2.26. The lowest BCUT2D eigenvalue weighted by Gasteiger charge is -2.24. The molecule has 0 bridgehead atoms. The predicted octanol–water partition coefficient (Wildman–Crippen LogP) is 4.46. The van der Waals surface area contributed by atoms with Gasteiger partial charge in [0.05, 0.1) is 10.0 Å². The van der Waals surface area contributed by atoms with E-state index in [-0.39, 0.29) is 5.41 Å². The Bertz CT molecular complexity index is 353. The van der Waals surface area contributed by atoms with Crippen LogP contribution in [0.15, 0.2) is 12.3 Å². The summed E-state index contributed by atoms with van der Waals surface area (Å²) in [5, 5.41) is 4.28. The minimum absolute atomic E-state index is 0.117. The number of alkyl halides is 1. The number of halogens is 3. The Morgan fingerprint density at radius 1 is 1.38 bits per heavy atom. The average Bonchev–Trinajstić information content (AvgIpc) is 2.16. The summed E-state index contributed by atoms with van der Waals surface area (Å²) in [6, 6.07) is 1.67. The fourth-order valence-corrected chi connectivity index (χ4v) is 2.17. The third kappa shape index (κ3) is 4.36. The van der Waals surface area contributed by atoms with Gasteiger partial charge in [0.15, 0.2) is 0 Å². The summed E-state index contributed by atoms with van der Waals surface area (Å²) >= 11 is 17.5. The van der Waals surface area contributed by atoms with E-state index in [1.807, 2.05) is 0 Å². The van der Waals surface area contributed by atoms with Gasteiger partial charge in [0.1, 0.15) is 5.82 Å². The van der Waals surface area contributed by atoms with Crippen LogP contribution in [0.2, 0.25) is 10.0 Å². The lowest BCUT2D eigenvalue weighted by molar-refractivity contribution is 0.379. The molecule has 0 unspecified atom stereocenters. The van der Waals surface area contributed by atoms with Crippen LogP contribution in [0.3, 0.4) is 0 Å². The second kappa shape index (κ2) is 5.95. The van der Waals surface area contributed by atoms with E-state index in [0.717, 1.165) is 13.0 Å². The van der Waals surface area contributed by atoms with Gasteiger partial charge in [-0.3, -0.25) is 0 Å². The Labute approximate surface area is 111 Å². The smallest absolute Gasteiger partial charge is 0.144 e. The standard InChI is InChI=1S/C11H15Cl3N2/c1-11(2,3-4-12)7-16-10-9(14)5-8(13)6-15-10/h5-6H,3-4,7H2,1-2H3,(H,15,16). The van der Waals surface area contributed by atoms with E-state index >= 15 is 0 Å². The molecule has 0 fully saturated rings. The fourth-order valence-electron chi connectivity index (χ4n) is 1.21. The molecule has 0 aromatic carbocycles. The molecule has 90 valence electrons. The summed E-state index contributed by atoms with van der Waals surface area (Å²) in [5.74, 6) is 1.31. The zero-order chi connectivity index (χ0) is 12.2. The molecule has 1 aromatic heterocycles. The first kappa shape index (κ1) is 13.9. The van der Waals surface area contributed by atoms with Crippen LogP contribution in [0, 0.1) is 5.41 Å². The molecule has 5 heteroatoms. The number of pyridine rings is 1. The Balaban J connectivity index is 2.61. The van der Waals surface area contributed by atoms with Gasteiger partial charge in [-0.1, -0.05) is 37.0 Å². The van der Waals surface area contributed by atoms with Crippen molar-refractivity contribution in [3.8, 4) is 0 Å². The molecular formula is C11H15Cl3N2. The first-order valence-electron chi connectivity index (χ1n) is 5.05. The maximum atomic E-state index is 6.00. The van der Waals surface area contributed by atoms with Crippen molar-refractivity contribution in [2.24, 2.45) is 5.41 Å². The highest BCUT2D eigenvalue weighted by Gasteiger charge is 2.17. The van der Waals surface area contributed by atoms with Gasteiger partial charge < -0.3 is 5.32 Å². The summed E-state index contributed by atoms with van der Waals surface area (Å²) in [6.07, 6.45) is 2.51. The van der Waals surface area contributed by atoms with Crippen LogP contribution in [0.5, 0.6) is 0 Å². The van der Waals surface area contributed by atoms with Gasteiger partial charge in [-0.2, -0.15) is 0 Å². The number of hydrogen-bond donors (Lipinski definition) is 1. The quantitative estimate of drug-likeness (QED) is 0.806. The molecule has 1 aromatic rings. The fraction of sp³-hybridized carbons (Fsp3) is 0.545. The summed E-state index contributed by atoms with van der Waals surface area (Å²) < 4.78 is 0. The highest BCUT2D eigenvalue weighted by molar-refractivity contribution is 6.35. The molecule has 16 heavy (non-hydrogen) atoms. The Morgan fingerprint density at radius 2 is 2.06 bits per heavy atom. The zero-order valence-corrected chi connectivity index (χ0v) is 11.6. The van der Waals surface area contributed by atoms with Crippen LogP contribution >= 0.6 is 34.8 Å². The van der Waals surface area contributed by atoms with Crippen LogP contribution < -0.4 is 5.32 Å². The molecule has 0 aliphatic heterocycles. The Kier molecular flexibility index (Phi) is 5.16. The van der Waals surface area contributed by atoms with Crippen molar-refractivity contribution >= 4 is 40.6 Å². The summed E-state index contributed by atoms with van der Waals surface area (Å²) in [7, 11) is 0. The number of rotatable bonds is 5. The van der Waals surface area contributed by atoms with Crippen molar-refractivity contribution in [1.29, 1.82) is 0 Å². The van der Waals surface area contributed by atoms with Gasteiger partial charge in [0.2, 0.25) is 0 Å². The van der Waals surface area contributed by atoms with Crippen molar-refractivity contribution in [3.63, 3.8) is 0 Å². The van der Waals surface area contributed by atoms with Crippen molar-refractivity contribution in [2.45, 2.75) is 20.3 Å². The Hall–Kier alpha value is -0.180. The minimum Gasteiger partial charge on any atom is -0.368 e. The number of nitrogens with one attached hydrogen (secondary N) is 1. The van der Waals surface area contributed by atoms with E-state index in [9.17, 15) is 0 Å². The molecular weight excluding hydrogens is 266 g/mol. The maximum absolute atomic E-state index is 6.00. The van der Waals surface area contributed by atoms with E-state index < -0.39 is 0 Å². The third-order valence-electron chi connectivity index (χ3n) is 2.31. The topological polar surface area (TPSA) is 24.9 Å². The van der Waals surface area contributed by atoms with Gasteiger partial charge in [0.25, 0.3) is 0 Å². The molecule has 1 rings (SSSR count). The monoisotopic (exact) mass is 280 g/mol. The van der Waals surface area contributed by atoms with E-state index in [2.05, 4.69) is 24.1 Å². The Morgan fingerprint density at radius 3 is 2.62 bits per heavy atom. The minimum atomic E-state index is 0.117. The molecule has 2 nitrogen and oxygen atoms in total. The third-order valence-corrected chi connectivity index (χ3v) is 3.00. The van der Waals surface area contributed by atoms with E-state index in [4.69, 9.17) is 34.8 Å². The van der Waals surface area contributed by atoms with Crippen LogP contribution in [0.4, 0.5) is 5.82 Å². The SMILES string of the molecule is CC(C)(CCCl)CNc1ncc(Cl)cc1Cl. The van der Waals surface area contributed by atoms with Gasteiger partial charge in [-0.25, -0.2) is 4.98 Å². The van der Waals surface area contributed by atoms with Crippen LogP contribution in [-0.4, -0.2) is 17.4 Å². The van der Waals surface area contributed by atoms with Gasteiger partial charge >= 0.3 is 0 Å². The zero-order valence-electron chi connectivity index (χ0n) is 9.36. The summed E-state index contributed by atoms with van der Waals surface area (Å²) in [6.45, 7) is 5.06. The molecule has 0 aliphatic rings. The number of nitrogens with zero attached hydrogens (tertiary/aromatic N) is 1. The summed E-state index contributed by atoms with van der Waals surface area (Å²) in [5.41, 5.74) is 0.117. The number of aromatic nitrogens is 1.